The molecule has 4 heteroatoms. The lowest BCUT2D eigenvalue weighted by Crippen LogP contribution is -2.52. The van der Waals surface area contributed by atoms with E-state index in [0.29, 0.717) is 25.1 Å². The van der Waals surface area contributed by atoms with Crippen LogP contribution >= 0.6 is 0 Å². The van der Waals surface area contributed by atoms with Crippen molar-refractivity contribution in [3.05, 3.63) is 65.7 Å². The quantitative estimate of drug-likeness (QED) is 0.912. The number of aromatic hydroxyl groups is 1. The molecule has 0 aromatic heterocycles. The molecule has 3 rings (SSSR count). The Morgan fingerprint density at radius 2 is 1.96 bits per heavy atom. The van der Waals surface area contributed by atoms with Gasteiger partial charge in [0.15, 0.2) is 0 Å². The van der Waals surface area contributed by atoms with Crippen LogP contribution in [0.4, 0.5) is 0 Å². The van der Waals surface area contributed by atoms with Crippen LogP contribution in [0.5, 0.6) is 5.75 Å². The zero-order chi connectivity index (χ0) is 17.2. The zero-order valence-corrected chi connectivity index (χ0v) is 13.9. The Labute approximate surface area is 142 Å². The molecule has 0 aliphatic carbocycles. The molecule has 1 amide bonds. The number of aliphatic hydroxyl groups is 1. The van der Waals surface area contributed by atoms with Crippen LogP contribution < -0.4 is 0 Å². The maximum Gasteiger partial charge on any atom is 0.254 e. The number of benzene rings is 2. The van der Waals surface area contributed by atoms with Crippen molar-refractivity contribution >= 4 is 5.91 Å². The van der Waals surface area contributed by atoms with Crippen molar-refractivity contribution in [1.82, 2.24) is 4.90 Å². The fourth-order valence-corrected chi connectivity index (χ4v) is 3.31. The van der Waals surface area contributed by atoms with E-state index in [9.17, 15) is 15.0 Å². The third-order valence-electron chi connectivity index (χ3n) is 4.91. The molecule has 0 radical (unpaired) electrons. The third kappa shape index (κ3) is 3.60. The average Bonchev–Trinajstić information content (AvgIpc) is 2.57. The number of phenolic OH excluding ortho intramolecular Hbond substituents is 1. The molecule has 24 heavy (non-hydrogen) atoms. The SMILES string of the molecule is C[C@@]1(O)CCN(C(=O)c2cccc(O)c2)C[C@@H]1Cc1ccccc1. The third-order valence-corrected chi connectivity index (χ3v) is 4.91. The van der Waals surface area contributed by atoms with Crippen molar-refractivity contribution in [2.45, 2.75) is 25.4 Å². The Hall–Kier alpha value is -2.33. The largest absolute Gasteiger partial charge is 0.508 e. The summed E-state index contributed by atoms with van der Waals surface area (Å²) in [5, 5.41) is 20.3. The monoisotopic (exact) mass is 325 g/mol. The van der Waals surface area contributed by atoms with E-state index in [2.05, 4.69) is 0 Å². The molecule has 2 aromatic carbocycles. The van der Waals surface area contributed by atoms with Gasteiger partial charge < -0.3 is 15.1 Å². The molecule has 0 unspecified atom stereocenters. The molecular weight excluding hydrogens is 302 g/mol. The first kappa shape index (κ1) is 16.5. The molecule has 1 aliphatic rings. The van der Waals surface area contributed by atoms with Crippen LogP contribution in [0.25, 0.3) is 0 Å². The fraction of sp³-hybridized carbons (Fsp3) is 0.350. The van der Waals surface area contributed by atoms with Crippen LogP contribution in [0.1, 0.15) is 29.3 Å². The number of carbonyl (C=O) groups is 1. The van der Waals surface area contributed by atoms with Crippen LogP contribution in [0, 0.1) is 5.92 Å². The summed E-state index contributed by atoms with van der Waals surface area (Å²) in [6.45, 7) is 2.89. The van der Waals surface area contributed by atoms with Crippen molar-refractivity contribution in [2.75, 3.05) is 13.1 Å². The van der Waals surface area contributed by atoms with E-state index in [0.717, 1.165) is 12.0 Å². The predicted molar refractivity (Wildman–Crippen MR) is 92.9 cm³/mol. The van der Waals surface area contributed by atoms with Crippen LogP contribution in [-0.4, -0.2) is 39.7 Å². The van der Waals surface area contributed by atoms with Gasteiger partial charge >= 0.3 is 0 Å². The minimum atomic E-state index is -0.786. The smallest absolute Gasteiger partial charge is 0.254 e. The molecule has 1 aliphatic heterocycles. The van der Waals surface area contributed by atoms with Crippen LogP contribution in [-0.2, 0) is 6.42 Å². The molecule has 0 bridgehead atoms. The van der Waals surface area contributed by atoms with Crippen molar-refractivity contribution in [3.63, 3.8) is 0 Å². The van der Waals surface area contributed by atoms with E-state index >= 15 is 0 Å². The maximum absolute atomic E-state index is 12.7. The van der Waals surface area contributed by atoms with Gasteiger partial charge in [-0.1, -0.05) is 36.4 Å². The molecule has 2 N–H and O–H groups in total. The van der Waals surface area contributed by atoms with Crippen molar-refractivity contribution in [1.29, 1.82) is 0 Å². The molecular formula is C20H23NO3. The molecule has 126 valence electrons. The van der Waals surface area contributed by atoms with Gasteiger partial charge in [0.05, 0.1) is 5.60 Å². The van der Waals surface area contributed by atoms with E-state index in [1.165, 1.54) is 6.07 Å². The summed E-state index contributed by atoms with van der Waals surface area (Å²) >= 11 is 0. The highest BCUT2D eigenvalue weighted by Gasteiger charge is 2.39. The lowest BCUT2D eigenvalue weighted by molar-refractivity contribution is -0.0507. The van der Waals surface area contributed by atoms with Gasteiger partial charge in [-0.05, 0) is 43.5 Å². The molecule has 4 nitrogen and oxygen atoms in total. The minimum absolute atomic E-state index is 0.0186. The standard InChI is InChI=1S/C20H23NO3/c1-20(24)10-11-21(19(23)16-8-5-9-18(22)13-16)14-17(20)12-15-6-3-2-4-7-15/h2-9,13,17,22,24H,10-12,14H2,1H3/t17-,20+/m0/s1. The molecule has 0 saturated carbocycles. The average molecular weight is 325 g/mol. The van der Waals surface area contributed by atoms with Gasteiger partial charge in [0.2, 0.25) is 0 Å². The second kappa shape index (κ2) is 6.65. The van der Waals surface area contributed by atoms with E-state index < -0.39 is 5.60 Å². The summed E-state index contributed by atoms with van der Waals surface area (Å²) in [7, 11) is 0. The second-order valence-electron chi connectivity index (χ2n) is 6.80. The molecule has 2 aromatic rings. The number of amides is 1. The first-order valence-electron chi connectivity index (χ1n) is 8.30. The molecule has 2 atom stereocenters. The number of phenols is 1. The Morgan fingerprint density at radius 3 is 2.67 bits per heavy atom. The highest BCUT2D eigenvalue weighted by Crippen LogP contribution is 2.31. The van der Waals surface area contributed by atoms with Crippen LogP contribution in [0.15, 0.2) is 54.6 Å². The van der Waals surface area contributed by atoms with Crippen molar-refractivity contribution in [2.24, 2.45) is 5.92 Å². The minimum Gasteiger partial charge on any atom is -0.508 e. The summed E-state index contributed by atoms with van der Waals surface area (Å²) < 4.78 is 0. The Bertz CT molecular complexity index is 712. The van der Waals surface area contributed by atoms with Crippen LogP contribution in [0.2, 0.25) is 0 Å². The lowest BCUT2D eigenvalue weighted by Gasteiger charge is -2.43. The Balaban J connectivity index is 1.76. The van der Waals surface area contributed by atoms with Gasteiger partial charge in [-0.25, -0.2) is 0 Å². The topological polar surface area (TPSA) is 60.8 Å². The number of hydrogen-bond donors (Lipinski definition) is 2. The van der Waals surface area contributed by atoms with Gasteiger partial charge in [-0.15, -0.1) is 0 Å². The summed E-state index contributed by atoms with van der Waals surface area (Å²) in [5.41, 5.74) is 0.857. The Kier molecular flexibility index (Phi) is 4.58. The molecule has 1 fully saturated rings. The van der Waals surface area contributed by atoms with Crippen molar-refractivity contribution < 1.29 is 15.0 Å². The lowest BCUT2D eigenvalue weighted by atomic mass is 9.78. The highest BCUT2D eigenvalue weighted by atomic mass is 16.3. The predicted octanol–water partition coefficient (Wildman–Crippen LogP) is 2.85. The number of carbonyl (C=O) groups excluding carboxylic acids is 1. The summed E-state index contributed by atoms with van der Waals surface area (Å²) in [5.74, 6) is -0.0277. The molecule has 0 spiro atoms. The van der Waals surface area contributed by atoms with Gasteiger partial charge in [-0.2, -0.15) is 0 Å². The highest BCUT2D eigenvalue weighted by molar-refractivity contribution is 5.94. The molecule has 1 heterocycles. The normalized spacial score (nSPS) is 23.9. The van der Waals surface area contributed by atoms with E-state index in [-0.39, 0.29) is 17.6 Å². The first-order valence-corrected chi connectivity index (χ1v) is 8.30. The van der Waals surface area contributed by atoms with E-state index in [1.54, 1.807) is 23.1 Å². The maximum atomic E-state index is 12.7. The fourth-order valence-electron chi connectivity index (χ4n) is 3.31. The first-order chi connectivity index (χ1) is 11.5. The number of rotatable bonds is 3. The van der Waals surface area contributed by atoms with Gasteiger partial charge in [0.25, 0.3) is 5.91 Å². The number of nitrogens with zero attached hydrogens (tertiary/aromatic N) is 1. The number of piperidine rings is 1. The molecule has 1 saturated heterocycles. The number of likely N-dealkylation sites (tertiary alicyclic amines) is 1. The summed E-state index contributed by atoms with van der Waals surface area (Å²) in [4.78, 5) is 14.5. The summed E-state index contributed by atoms with van der Waals surface area (Å²) in [6, 6.07) is 16.5. The van der Waals surface area contributed by atoms with Gasteiger partial charge in [-0.3, -0.25) is 4.79 Å². The van der Waals surface area contributed by atoms with Gasteiger partial charge in [0, 0.05) is 24.6 Å². The number of hydrogen-bond acceptors (Lipinski definition) is 3. The van der Waals surface area contributed by atoms with Gasteiger partial charge in [0.1, 0.15) is 5.75 Å². The van der Waals surface area contributed by atoms with Crippen molar-refractivity contribution in [3.8, 4) is 5.75 Å². The Morgan fingerprint density at radius 1 is 1.21 bits per heavy atom. The summed E-state index contributed by atoms with van der Waals surface area (Å²) in [6.07, 6.45) is 1.28. The van der Waals surface area contributed by atoms with E-state index in [4.69, 9.17) is 0 Å². The zero-order valence-electron chi connectivity index (χ0n) is 13.9. The van der Waals surface area contributed by atoms with E-state index in [1.807, 2.05) is 37.3 Å². The second-order valence-corrected chi connectivity index (χ2v) is 6.80. The van der Waals surface area contributed by atoms with Crippen LogP contribution in [0.3, 0.4) is 0 Å².